The van der Waals surface area contributed by atoms with Crippen molar-refractivity contribution in [2.45, 2.75) is 98.2 Å². The van der Waals surface area contributed by atoms with Gasteiger partial charge in [-0.15, -0.1) is 0 Å². The van der Waals surface area contributed by atoms with Gasteiger partial charge in [0.2, 0.25) is 29.5 Å². The molecule has 340 valence electrons. The average molecular weight is 956 g/mol. The number of ether oxygens (including phenoxy) is 3. The minimum Gasteiger partial charge on any atom is -0.443 e. The topological polar surface area (TPSA) is 245 Å². The first kappa shape index (κ1) is 48.7. The monoisotopic (exact) mass is 954 g/mol. The molecule has 1 unspecified atom stereocenters. The van der Waals surface area contributed by atoms with Crippen molar-refractivity contribution >= 4 is 50.9 Å². The number of nitrogens with one attached hydrogen (secondary N) is 3. The van der Waals surface area contributed by atoms with Gasteiger partial charge in [0.15, 0.2) is 22.8 Å². The second-order valence-electron chi connectivity index (χ2n) is 16.2. The molecular formula is C43H55BrN8O10S. The van der Waals surface area contributed by atoms with E-state index < -0.39 is 53.2 Å². The largest absolute Gasteiger partial charge is 0.443 e. The van der Waals surface area contributed by atoms with Crippen LogP contribution >= 0.6 is 28.1 Å². The predicted octanol–water partition coefficient (Wildman–Crippen LogP) is 6.69. The third kappa shape index (κ3) is 11.3. The van der Waals surface area contributed by atoms with Crippen LogP contribution in [0.2, 0.25) is 0 Å². The fourth-order valence-electron chi connectivity index (χ4n) is 6.26. The van der Waals surface area contributed by atoms with Gasteiger partial charge in [-0.1, -0.05) is 92.6 Å². The first-order valence-corrected chi connectivity index (χ1v) is 21.8. The Kier molecular flexibility index (Phi) is 15.8. The molecule has 0 saturated carbocycles. The summed E-state index contributed by atoms with van der Waals surface area (Å²) in [7, 11) is 2.91. The molecule has 20 heteroatoms. The molecule has 5 rings (SSSR count). The molecular weight excluding hydrogens is 900 g/mol. The molecule has 1 aromatic carbocycles. The Balaban J connectivity index is 1.42. The number of carbonyl (C=O) groups is 3. The van der Waals surface area contributed by atoms with E-state index in [4.69, 9.17) is 49.8 Å². The smallest absolute Gasteiger partial charge is 0.274 e. The summed E-state index contributed by atoms with van der Waals surface area (Å²) in [5, 5.41) is 8.93. The molecule has 5 aromatic rings. The summed E-state index contributed by atoms with van der Waals surface area (Å²) in [6, 6.07) is 5.86. The second-order valence-corrected chi connectivity index (χ2v) is 17.2. The molecule has 5 N–H and O–H groups in total. The van der Waals surface area contributed by atoms with Gasteiger partial charge in [0.05, 0.1) is 17.5 Å². The standard InChI is InChI=1S/C43H55BrN8O10S/c1-12-22(4)29(49-37(55)32-33(25-16-14-13-15-17-25)62-40(51-32)31-24(6)61-41(52-31)43(20-44,56-10)57-11)36(54)48-28(21(2)3)35(53)46-27(19-59-42(7,8)9)38-50-30(23(5)60-38)39-47-26(18-58-39)34(45)63/h13-18,21-22,27-29H,12,19-20H2,1-11H3,(H2,45,63)(H,46,53)(H,48,54)(H,49,55)/t22-,27?,28+,29+/m0/s1. The molecule has 4 atom stereocenters. The van der Waals surface area contributed by atoms with Crippen molar-refractivity contribution < 1.29 is 46.3 Å². The van der Waals surface area contributed by atoms with Crippen LogP contribution in [-0.4, -0.2) is 86.5 Å². The Morgan fingerprint density at radius 3 is 2.06 bits per heavy atom. The van der Waals surface area contributed by atoms with Gasteiger partial charge >= 0.3 is 0 Å². The predicted molar refractivity (Wildman–Crippen MR) is 238 cm³/mol. The zero-order valence-electron chi connectivity index (χ0n) is 37.2. The minimum atomic E-state index is -1.35. The lowest BCUT2D eigenvalue weighted by Crippen LogP contribution is -2.57. The van der Waals surface area contributed by atoms with Gasteiger partial charge in [-0.05, 0) is 46.5 Å². The number of oxazole rings is 4. The van der Waals surface area contributed by atoms with E-state index in [1.807, 2.05) is 40.7 Å². The molecule has 0 radical (unpaired) electrons. The van der Waals surface area contributed by atoms with Crippen LogP contribution in [0.25, 0.3) is 34.5 Å². The van der Waals surface area contributed by atoms with Crippen molar-refractivity contribution in [3.63, 3.8) is 0 Å². The lowest BCUT2D eigenvalue weighted by Gasteiger charge is -2.29. The third-order valence-electron chi connectivity index (χ3n) is 10.1. The first-order valence-electron chi connectivity index (χ1n) is 20.3. The number of nitrogens with zero attached hydrogens (tertiary/aromatic N) is 4. The molecule has 0 saturated heterocycles. The summed E-state index contributed by atoms with van der Waals surface area (Å²) >= 11 is 8.42. The zero-order chi connectivity index (χ0) is 46.4. The fraction of sp³-hybridized carbons (Fsp3) is 0.488. The molecule has 4 heterocycles. The number of alkyl halides is 1. The van der Waals surface area contributed by atoms with Gasteiger partial charge in [0, 0.05) is 19.8 Å². The number of hydrogen-bond acceptors (Lipinski definition) is 15. The van der Waals surface area contributed by atoms with E-state index in [1.54, 1.807) is 52.0 Å². The van der Waals surface area contributed by atoms with E-state index >= 15 is 0 Å². The molecule has 18 nitrogen and oxygen atoms in total. The van der Waals surface area contributed by atoms with E-state index in [-0.39, 0.29) is 74.9 Å². The lowest BCUT2D eigenvalue weighted by atomic mass is 9.96. The number of carbonyl (C=O) groups excluding carboxylic acids is 3. The molecule has 0 aliphatic rings. The SMILES string of the molecule is CC[C@H](C)[C@@H](NC(=O)c1nc(-c2nc(C(CBr)(OC)OC)oc2C)oc1-c1ccccc1)C(=O)N[C@@H](C(=O)NC(COC(C)(C)C)c1nc(-c2nc(C(N)=S)co2)c(C)o1)C(C)C. The third-order valence-corrected chi connectivity index (χ3v) is 11.1. The Labute approximate surface area is 379 Å². The summed E-state index contributed by atoms with van der Waals surface area (Å²) in [6.45, 7) is 16.2. The van der Waals surface area contributed by atoms with E-state index in [0.717, 1.165) is 0 Å². The van der Waals surface area contributed by atoms with Gasteiger partial charge in [0.1, 0.15) is 46.6 Å². The minimum absolute atomic E-state index is 0.00791. The van der Waals surface area contributed by atoms with Crippen LogP contribution in [0.3, 0.4) is 0 Å². The molecule has 0 aliphatic heterocycles. The van der Waals surface area contributed by atoms with Crippen molar-refractivity contribution in [3.05, 3.63) is 71.3 Å². The van der Waals surface area contributed by atoms with Crippen molar-refractivity contribution in [1.29, 1.82) is 0 Å². The molecule has 3 amide bonds. The number of methoxy groups -OCH3 is 2. The van der Waals surface area contributed by atoms with Crippen molar-refractivity contribution in [2.24, 2.45) is 17.6 Å². The highest BCUT2D eigenvalue weighted by atomic mass is 79.9. The van der Waals surface area contributed by atoms with Crippen LogP contribution in [0.5, 0.6) is 0 Å². The molecule has 0 bridgehead atoms. The number of aryl methyl sites for hydroxylation is 2. The van der Waals surface area contributed by atoms with Gasteiger partial charge in [-0.25, -0.2) is 19.9 Å². The van der Waals surface area contributed by atoms with Crippen LogP contribution < -0.4 is 21.7 Å². The average Bonchev–Trinajstić information content (AvgIpc) is 4.07. The maximum Gasteiger partial charge on any atom is 0.274 e. The van der Waals surface area contributed by atoms with Gasteiger partial charge in [-0.2, -0.15) is 0 Å². The summed E-state index contributed by atoms with van der Waals surface area (Å²) in [6.07, 6.45) is 1.82. The fourth-order valence-corrected chi connectivity index (χ4v) is 7.05. The van der Waals surface area contributed by atoms with Crippen LogP contribution in [0.4, 0.5) is 0 Å². The van der Waals surface area contributed by atoms with Crippen molar-refractivity contribution in [1.82, 2.24) is 35.9 Å². The Morgan fingerprint density at radius 1 is 0.857 bits per heavy atom. The maximum absolute atomic E-state index is 14.3. The second kappa shape index (κ2) is 20.5. The Morgan fingerprint density at radius 2 is 1.49 bits per heavy atom. The molecule has 0 aliphatic carbocycles. The highest BCUT2D eigenvalue weighted by Gasteiger charge is 2.40. The van der Waals surface area contributed by atoms with Crippen LogP contribution in [0.15, 0.2) is 54.3 Å². The zero-order valence-corrected chi connectivity index (χ0v) is 39.6. The number of thiocarbonyl (C=S) groups is 1. The quantitative estimate of drug-likeness (QED) is 0.0361. The summed E-state index contributed by atoms with van der Waals surface area (Å²) in [5.41, 5.74) is 6.36. The maximum atomic E-state index is 14.3. The summed E-state index contributed by atoms with van der Waals surface area (Å²) in [4.78, 5) is 61.0. The first-order chi connectivity index (χ1) is 29.8. The number of halogens is 1. The number of benzene rings is 1. The van der Waals surface area contributed by atoms with E-state index in [9.17, 15) is 14.4 Å². The van der Waals surface area contributed by atoms with E-state index in [2.05, 4.69) is 51.8 Å². The normalized spacial score (nSPS) is 14.0. The van der Waals surface area contributed by atoms with Gasteiger partial charge < -0.3 is 53.6 Å². The number of hydrogen-bond donors (Lipinski definition) is 4. The highest BCUT2D eigenvalue weighted by Crippen LogP contribution is 2.35. The number of nitrogens with two attached hydrogens (primary N) is 1. The molecule has 0 spiro atoms. The van der Waals surface area contributed by atoms with E-state index in [1.165, 1.54) is 20.5 Å². The van der Waals surface area contributed by atoms with Crippen LogP contribution in [-0.2, 0) is 29.6 Å². The number of aromatic nitrogens is 4. The molecule has 63 heavy (non-hydrogen) atoms. The van der Waals surface area contributed by atoms with Crippen LogP contribution in [0, 0.1) is 25.7 Å². The molecule has 0 fully saturated rings. The lowest BCUT2D eigenvalue weighted by molar-refractivity contribution is -0.211. The van der Waals surface area contributed by atoms with Crippen LogP contribution in [0.1, 0.15) is 100 Å². The van der Waals surface area contributed by atoms with Crippen molar-refractivity contribution in [2.75, 3.05) is 26.2 Å². The number of rotatable bonds is 20. The number of amides is 3. The Hall–Kier alpha value is -5.28. The van der Waals surface area contributed by atoms with Crippen molar-refractivity contribution in [3.8, 4) is 34.5 Å². The van der Waals surface area contributed by atoms with Gasteiger partial charge in [0.25, 0.3) is 17.6 Å². The Bertz CT molecular complexity index is 2370. The molecule has 4 aromatic heterocycles. The summed E-state index contributed by atoms with van der Waals surface area (Å²) < 4.78 is 41.0. The van der Waals surface area contributed by atoms with Gasteiger partial charge in [-0.3, -0.25) is 14.4 Å². The van der Waals surface area contributed by atoms with E-state index in [0.29, 0.717) is 23.5 Å². The highest BCUT2D eigenvalue weighted by molar-refractivity contribution is 9.09. The summed E-state index contributed by atoms with van der Waals surface area (Å²) in [5.74, 6) is -2.79.